The van der Waals surface area contributed by atoms with Gasteiger partial charge in [0.15, 0.2) is 0 Å². The van der Waals surface area contributed by atoms with E-state index >= 15 is 0 Å². The summed E-state index contributed by atoms with van der Waals surface area (Å²) in [6.07, 6.45) is 3.16. The Hall–Kier alpha value is -3.93. The van der Waals surface area contributed by atoms with Crippen LogP contribution in [-0.2, 0) is 11.2 Å². The first-order valence-electron chi connectivity index (χ1n) is 12.6. The van der Waals surface area contributed by atoms with E-state index in [0.717, 1.165) is 18.4 Å². The zero-order valence-electron chi connectivity index (χ0n) is 20.7. The first-order valence-corrected chi connectivity index (χ1v) is 12.6. The van der Waals surface area contributed by atoms with Gasteiger partial charge in [0.2, 0.25) is 5.91 Å². The summed E-state index contributed by atoms with van der Waals surface area (Å²) >= 11 is 0. The Morgan fingerprint density at radius 2 is 1.58 bits per heavy atom. The maximum Gasteiger partial charge on any atom is 0.255 e. The van der Waals surface area contributed by atoms with Crippen LogP contribution in [0.25, 0.3) is 0 Å². The van der Waals surface area contributed by atoms with E-state index in [4.69, 9.17) is 0 Å². The molecule has 0 bridgehead atoms. The van der Waals surface area contributed by atoms with Crippen molar-refractivity contribution in [2.24, 2.45) is 5.92 Å². The zero-order chi connectivity index (χ0) is 25.3. The molecule has 3 aromatic carbocycles. The van der Waals surface area contributed by atoms with Gasteiger partial charge in [0, 0.05) is 42.4 Å². The Kier molecular flexibility index (Phi) is 8.50. The lowest BCUT2D eigenvalue weighted by Gasteiger charge is -2.31. The number of nitrogens with one attached hydrogen (secondary N) is 2. The van der Waals surface area contributed by atoms with Crippen LogP contribution in [0.3, 0.4) is 0 Å². The number of anilines is 1. The molecule has 0 aliphatic carbocycles. The van der Waals surface area contributed by atoms with Crippen LogP contribution in [0.4, 0.5) is 5.69 Å². The number of amides is 3. The smallest absolute Gasteiger partial charge is 0.255 e. The van der Waals surface area contributed by atoms with Crippen LogP contribution < -0.4 is 10.6 Å². The van der Waals surface area contributed by atoms with E-state index in [2.05, 4.69) is 22.8 Å². The number of aryl methyl sites for hydroxylation is 2. The quantitative estimate of drug-likeness (QED) is 0.450. The molecule has 3 amide bonds. The molecule has 6 nitrogen and oxygen atoms in total. The van der Waals surface area contributed by atoms with E-state index in [0.29, 0.717) is 49.3 Å². The Morgan fingerprint density at radius 1 is 0.861 bits per heavy atom. The van der Waals surface area contributed by atoms with Crippen LogP contribution in [0.5, 0.6) is 0 Å². The van der Waals surface area contributed by atoms with E-state index in [-0.39, 0.29) is 23.6 Å². The number of hydrogen-bond donors (Lipinski definition) is 2. The normalized spacial score (nSPS) is 13.8. The monoisotopic (exact) mass is 483 g/mol. The van der Waals surface area contributed by atoms with Gasteiger partial charge in [-0.25, -0.2) is 0 Å². The van der Waals surface area contributed by atoms with Gasteiger partial charge in [-0.3, -0.25) is 14.4 Å². The largest absolute Gasteiger partial charge is 0.356 e. The molecular weight excluding hydrogens is 450 g/mol. The predicted molar refractivity (Wildman–Crippen MR) is 142 cm³/mol. The summed E-state index contributed by atoms with van der Waals surface area (Å²) < 4.78 is 0. The highest BCUT2D eigenvalue weighted by Crippen LogP contribution is 2.21. The van der Waals surface area contributed by atoms with Crippen LogP contribution in [0.2, 0.25) is 0 Å². The summed E-state index contributed by atoms with van der Waals surface area (Å²) in [5.74, 6) is -0.278. The third-order valence-corrected chi connectivity index (χ3v) is 6.62. The van der Waals surface area contributed by atoms with Crippen molar-refractivity contribution in [3.63, 3.8) is 0 Å². The van der Waals surface area contributed by atoms with Crippen molar-refractivity contribution in [2.75, 3.05) is 25.0 Å². The highest BCUT2D eigenvalue weighted by molar-refractivity contribution is 6.05. The lowest BCUT2D eigenvalue weighted by atomic mass is 9.95. The van der Waals surface area contributed by atoms with Gasteiger partial charge < -0.3 is 15.5 Å². The third-order valence-electron chi connectivity index (χ3n) is 6.62. The van der Waals surface area contributed by atoms with Crippen LogP contribution in [0.1, 0.15) is 51.1 Å². The second-order valence-electron chi connectivity index (χ2n) is 9.35. The second-order valence-corrected chi connectivity index (χ2v) is 9.35. The van der Waals surface area contributed by atoms with Crippen molar-refractivity contribution < 1.29 is 14.4 Å². The maximum atomic E-state index is 13.1. The fourth-order valence-electron chi connectivity index (χ4n) is 4.46. The van der Waals surface area contributed by atoms with Gasteiger partial charge in [0.1, 0.15) is 0 Å². The number of carbonyl (C=O) groups excluding carboxylic acids is 3. The van der Waals surface area contributed by atoms with Gasteiger partial charge in [0.05, 0.1) is 0 Å². The fraction of sp³-hybridized carbons (Fsp3) is 0.300. The highest BCUT2D eigenvalue weighted by Gasteiger charge is 2.27. The Morgan fingerprint density at radius 3 is 2.31 bits per heavy atom. The van der Waals surface area contributed by atoms with E-state index in [1.807, 2.05) is 37.3 Å². The van der Waals surface area contributed by atoms with Gasteiger partial charge >= 0.3 is 0 Å². The highest BCUT2D eigenvalue weighted by atomic mass is 16.2. The lowest BCUT2D eigenvalue weighted by molar-refractivity contribution is -0.126. The van der Waals surface area contributed by atoms with E-state index < -0.39 is 0 Å². The molecule has 1 aliphatic rings. The molecule has 3 aromatic rings. The molecule has 1 saturated heterocycles. The molecule has 0 atom stereocenters. The summed E-state index contributed by atoms with van der Waals surface area (Å²) in [7, 11) is 0. The van der Waals surface area contributed by atoms with Gasteiger partial charge in [-0.05, 0) is 68.5 Å². The van der Waals surface area contributed by atoms with E-state index in [1.165, 1.54) is 5.56 Å². The summed E-state index contributed by atoms with van der Waals surface area (Å²) in [5, 5.41) is 5.93. The minimum atomic E-state index is -0.213. The summed E-state index contributed by atoms with van der Waals surface area (Å²) in [5.41, 5.74) is 4.04. The summed E-state index contributed by atoms with van der Waals surface area (Å²) in [4.78, 5) is 40.0. The topological polar surface area (TPSA) is 78.5 Å². The molecule has 0 radical (unpaired) electrons. The summed E-state index contributed by atoms with van der Waals surface area (Å²) in [6.45, 7) is 3.72. The molecule has 4 rings (SSSR count). The van der Waals surface area contributed by atoms with Crippen molar-refractivity contribution >= 4 is 23.4 Å². The van der Waals surface area contributed by atoms with E-state index in [9.17, 15) is 14.4 Å². The SMILES string of the molecule is Cc1ccc(C(=O)Nc2cccc(C(=O)N3CCC(C(=O)NCCCc4ccccc4)CC3)c2)cc1. The van der Waals surface area contributed by atoms with Crippen LogP contribution >= 0.6 is 0 Å². The molecule has 1 heterocycles. The average Bonchev–Trinajstić information content (AvgIpc) is 2.92. The number of likely N-dealkylation sites (tertiary alicyclic amines) is 1. The standard InChI is InChI=1S/C30H33N3O3/c1-22-12-14-24(15-13-22)29(35)32-27-11-5-10-26(21-27)30(36)33-19-16-25(17-20-33)28(34)31-18-6-9-23-7-3-2-4-8-23/h2-5,7-8,10-15,21,25H,6,9,16-20H2,1H3,(H,31,34)(H,32,35). The lowest BCUT2D eigenvalue weighted by Crippen LogP contribution is -2.43. The molecular formula is C30H33N3O3. The first kappa shape index (κ1) is 25.2. The zero-order valence-corrected chi connectivity index (χ0v) is 20.7. The Bertz CT molecular complexity index is 1180. The van der Waals surface area contributed by atoms with Crippen molar-refractivity contribution in [1.29, 1.82) is 0 Å². The van der Waals surface area contributed by atoms with Gasteiger partial charge in [-0.15, -0.1) is 0 Å². The molecule has 36 heavy (non-hydrogen) atoms. The molecule has 0 aromatic heterocycles. The molecule has 1 aliphatic heterocycles. The number of carbonyl (C=O) groups is 3. The Labute approximate surface area is 212 Å². The molecule has 2 N–H and O–H groups in total. The fourth-order valence-corrected chi connectivity index (χ4v) is 4.46. The van der Waals surface area contributed by atoms with Crippen molar-refractivity contribution in [1.82, 2.24) is 10.2 Å². The number of rotatable bonds is 8. The van der Waals surface area contributed by atoms with Crippen LogP contribution in [-0.4, -0.2) is 42.3 Å². The Balaban J connectivity index is 1.23. The number of nitrogens with zero attached hydrogens (tertiary/aromatic N) is 1. The molecule has 1 fully saturated rings. The third kappa shape index (κ3) is 6.81. The van der Waals surface area contributed by atoms with Gasteiger partial charge in [-0.1, -0.05) is 54.1 Å². The molecule has 6 heteroatoms. The molecule has 0 spiro atoms. The van der Waals surface area contributed by atoms with Gasteiger partial charge in [0.25, 0.3) is 11.8 Å². The van der Waals surface area contributed by atoms with Crippen molar-refractivity contribution in [3.05, 3.63) is 101 Å². The van der Waals surface area contributed by atoms with Gasteiger partial charge in [-0.2, -0.15) is 0 Å². The van der Waals surface area contributed by atoms with E-state index in [1.54, 1.807) is 41.3 Å². The minimum absolute atomic E-state index is 0.0640. The number of benzene rings is 3. The van der Waals surface area contributed by atoms with Crippen LogP contribution in [0, 0.1) is 12.8 Å². The second kappa shape index (κ2) is 12.2. The molecule has 0 unspecified atom stereocenters. The first-order chi connectivity index (χ1) is 17.5. The number of hydrogen-bond acceptors (Lipinski definition) is 3. The van der Waals surface area contributed by atoms with Crippen LogP contribution in [0.15, 0.2) is 78.9 Å². The summed E-state index contributed by atoms with van der Waals surface area (Å²) in [6, 6.07) is 24.6. The number of piperidine rings is 1. The minimum Gasteiger partial charge on any atom is -0.356 e. The maximum absolute atomic E-state index is 13.1. The van der Waals surface area contributed by atoms with Crippen molar-refractivity contribution in [2.45, 2.75) is 32.6 Å². The average molecular weight is 484 g/mol. The molecule has 186 valence electrons. The predicted octanol–water partition coefficient (Wildman–Crippen LogP) is 4.85. The molecule has 0 saturated carbocycles. The van der Waals surface area contributed by atoms with Crippen molar-refractivity contribution in [3.8, 4) is 0 Å².